The number of carbonyl (C=O) groups is 1. The maximum Gasteiger partial charge on any atom is 0.326 e. The summed E-state index contributed by atoms with van der Waals surface area (Å²) in [6.07, 6.45) is 2.76. The Labute approximate surface area is 91.7 Å². The molecule has 1 saturated carbocycles. The fourth-order valence-electron chi connectivity index (χ4n) is 1.40. The number of aliphatic carboxylic acids is 1. The van der Waals surface area contributed by atoms with E-state index in [0.717, 1.165) is 25.1 Å². The highest BCUT2D eigenvalue weighted by atomic mass is 32.1. The lowest BCUT2D eigenvalue weighted by molar-refractivity contribution is -0.138. The van der Waals surface area contributed by atoms with E-state index in [-0.39, 0.29) is 5.92 Å². The molecule has 1 fully saturated rings. The van der Waals surface area contributed by atoms with Crippen molar-refractivity contribution < 1.29 is 9.90 Å². The van der Waals surface area contributed by atoms with Crippen LogP contribution < -0.4 is 5.32 Å². The van der Waals surface area contributed by atoms with Crippen LogP contribution in [0, 0.1) is 5.92 Å². The van der Waals surface area contributed by atoms with E-state index in [4.69, 9.17) is 5.11 Å². The highest BCUT2D eigenvalue weighted by Crippen LogP contribution is 2.34. The summed E-state index contributed by atoms with van der Waals surface area (Å²) in [5.74, 6) is 0.227. The first-order valence-corrected chi connectivity index (χ1v) is 5.80. The SMILES string of the molecule is CCc1nsc(NC(C(=O)O)C2CC2)n1. The van der Waals surface area contributed by atoms with E-state index in [0.29, 0.717) is 5.13 Å². The fourth-order valence-corrected chi connectivity index (χ4v) is 2.09. The predicted octanol–water partition coefficient (Wildman–Crippen LogP) is 1.38. The Morgan fingerprint density at radius 1 is 1.73 bits per heavy atom. The predicted molar refractivity (Wildman–Crippen MR) is 57.1 cm³/mol. The Bertz CT molecular complexity index is 362. The Kier molecular flexibility index (Phi) is 2.86. The quantitative estimate of drug-likeness (QED) is 0.794. The van der Waals surface area contributed by atoms with Crippen LogP contribution in [0.3, 0.4) is 0 Å². The van der Waals surface area contributed by atoms with Gasteiger partial charge in [0.15, 0.2) is 0 Å². The first-order valence-electron chi connectivity index (χ1n) is 5.02. The molecule has 0 aromatic carbocycles. The van der Waals surface area contributed by atoms with Crippen molar-refractivity contribution in [3.63, 3.8) is 0 Å². The highest BCUT2D eigenvalue weighted by molar-refractivity contribution is 7.09. The second kappa shape index (κ2) is 4.14. The molecule has 0 aliphatic heterocycles. The van der Waals surface area contributed by atoms with E-state index in [1.54, 1.807) is 0 Å². The standard InChI is InChI=1S/C9H13N3O2S/c1-2-6-10-9(15-12-6)11-7(8(13)14)5-3-4-5/h5,7H,2-4H2,1H3,(H,13,14)(H,10,11,12). The molecular weight excluding hydrogens is 214 g/mol. The molecule has 82 valence electrons. The van der Waals surface area contributed by atoms with Crippen LogP contribution >= 0.6 is 11.5 Å². The van der Waals surface area contributed by atoms with Gasteiger partial charge in [-0.1, -0.05) is 6.92 Å². The minimum Gasteiger partial charge on any atom is -0.480 e. The summed E-state index contributed by atoms with van der Waals surface area (Å²) in [4.78, 5) is 15.1. The molecule has 6 heteroatoms. The van der Waals surface area contributed by atoms with Crippen molar-refractivity contribution in [2.45, 2.75) is 32.2 Å². The van der Waals surface area contributed by atoms with Crippen LogP contribution in [-0.2, 0) is 11.2 Å². The Morgan fingerprint density at radius 3 is 2.93 bits per heavy atom. The van der Waals surface area contributed by atoms with Crippen LogP contribution in [0.2, 0.25) is 0 Å². The van der Waals surface area contributed by atoms with E-state index in [1.807, 2.05) is 6.92 Å². The van der Waals surface area contributed by atoms with Crippen molar-refractivity contribution in [2.24, 2.45) is 5.92 Å². The summed E-state index contributed by atoms with van der Waals surface area (Å²) in [7, 11) is 0. The number of carboxylic acids is 1. The Morgan fingerprint density at radius 2 is 2.47 bits per heavy atom. The van der Waals surface area contributed by atoms with E-state index in [1.165, 1.54) is 11.5 Å². The minimum absolute atomic E-state index is 0.261. The molecule has 0 amide bonds. The Balaban J connectivity index is 2.01. The zero-order valence-electron chi connectivity index (χ0n) is 8.43. The molecule has 0 spiro atoms. The molecule has 2 N–H and O–H groups in total. The van der Waals surface area contributed by atoms with Gasteiger partial charge >= 0.3 is 5.97 Å². The summed E-state index contributed by atoms with van der Waals surface area (Å²) in [5.41, 5.74) is 0. The number of anilines is 1. The minimum atomic E-state index is -0.800. The van der Waals surface area contributed by atoms with Crippen molar-refractivity contribution in [1.82, 2.24) is 9.36 Å². The number of aryl methyl sites for hydroxylation is 1. The number of hydrogen-bond donors (Lipinski definition) is 2. The summed E-state index contributed by atoms with van der Waals surface area (Å²) in [6.45, 7) is 1.97. The van der Waals surface area contributed by atoms with Crippen molar-refractivity contribution in [2.75, 3.05) is 5.32 Å². The number of nitrogens with one attached hydrogen (secondary N) is 1. The first kappa shape index (κ1) is 10.4. The van der Waals surface area contributed by atoms with Crippen molar-refractivity contribution in [3.05, 3.63) is 5.82 Å². The molecular formula is C9H13N3O2S. The molecule has 1 aromatic rings. The van der Waals surface area contributed by atoms with Crippen molar-refractivity contribution in [3.8, 4) is 0 Å². The normalized spacial score (nSPS) is 17.4. The van der Waals surface area contributed by atoms with E-state index < -0.39 is 12.0 Å². The topological polar surface area (TPSA) is 75.1 Å². The second-order valence-electron chi connectivity index (χ2n) is 3.67. The monoisotopic (exact) mass is 227 g/mol. The maximum atomic E-state index is 11.0. The zero-order chi connectivity index (χ0) is 10.8. The van der Waals surface area contributed by atoms with Gasteiger partial charge in [-0.2, -0.15) is 4.37 Å². The number of carboxylic acid groups (broad SMARTS) is 1. The third kappa shape index (κ3) is 2.44. The van der Waals surface area contributed by atoms with E-state index in [2.05, 4.69) is 14.7 Å². The molecule has 1 atom stereocenters. The van der Waals surface area contributed by atoms with Gasteiger partial charge in [-0.15, -0.1) is 0 Å². The summed E-state index contributed by atoms with van der Waals surface area (Å²) < 4.78 is 4.10. The van der Waals surface area contributed by atoms with E-state index in [9.17, 15) is 4.79 Å². The smallest absolute Gasteiger partial charge is 0.326 e. The van der Waals surface area contributed by atoms with Gasteiger partial charge in [-0.25, -0.2) is 9.78 Å². The second-order valence-corrected chi connectivity index (χ2v) is 4.42. The van der Waals surface area contributed by atoms with Crippen LogP contribution in [0.25, 0.3) is 0 Å². The lowest BCUT2D eigenvalue weighted by Crippen LogP contribution is -2.31. The van der Waals surface area contributed by atoms with Gasteiger partial charge < -0.3 is 10.4 Å². The number of hydrogen-bond acceptors (Lipinski definition) is 5. The molecule has 0 saturated heterocycles. The molecule has 15 heavy (non-hydrogen) atoms. The van der Waals surface area contributed by atoms with Crippen LogP contribution in [-0.4, -0.2) is 26.5 Å². The maximum absolute atomic E-state index is 11.0. The van der Waals surface area contributed by atoms with Gasteiger partial charge in [-0.05, 0) is 18.8 Å². The van der Waals surface area contributed by atoms with Gasteiger partial charge in [0, 0.05) is 18.0 Å². The first-order chi connectivity index (χ1) is 7.20. The molecule has 1 aliphatic rings. The molecule has 0 bridgehead atoms. The summed E-state index contributed by atoms with van der Waals surface area (Å²) >= 11 is 1.23. The largest absolute Gasteiger partial charge is 0.480 e. The van der Waals surface area contributed by atoms with Crippen LogP contribution in [0.4, 0.5) is 5.13 Å². The average Bonchev–Trinajstić information content (AvgIpc) is 2.94. The molecule has 0 radical (unpaired) electrons. The third-order valence-corrected chi connectivity index (χ3v) is 3.11. The molecule has 2 rings (SSSR count). The average molecular weight is 227 g/mol. The number of nitrogens with zero attached hydrogens (tertiary/aromatic N) is 2. The van der Waals surface area contributed by atoms with E-state index >= 15 is 0 Å². The lowest BCUT2D eigenvalue weighted by Gasteiger charge is -2.11. The molecule has 1 heterocycles. The lowest BCUT2D eigenvalue weighted by atomic mass is 10.2. The fraction of sp³-hybridized carbons (Fsp3) is 0.667. The van der Waals surface area contributed by atoms with Crippen LogP contribution in [0.1, 0.15) is 25.6 Å². The van der Waals surface area contributed by atoms with Gasteiger partial charge in [-0.3, -0.25) is 0 Å². The molecule has 1 aliphatic carbocycles. The third-order valence-electron chi connectivity index (χ3n) is 2.42. The zero-order valence-corrected chi connectivity index (χ0v) is 9.25. The van der Waals surface area contributed by atoms with Gasteiger partial charge in [0.05, 0.1) is 0 Å². The number of aromatic nitrogens is 2. The summed E-state index contributed by atoms with van der Waals surface area (Å²) in [5, 5.41) is 12.6. The molecule has 1 aromatic heterocycles. The van der Waals surface area contributed by atoms with Crippen LogP contribution in [0.5, 0.6) is 0 Å². The van der Waals surface area contributed by atoms with Gasteiger partial charge in [0.1, 0.15) is 11.9 Å². The Hall–Kier alpha value is -1.17. The highest BCUT2D eigenvalue weighted by Gasteiger charge is 2.36. The molecule has 1 unspecified atom stereocenters. The summed E-state index contributed by atoms with van der Waals surface area (Å²) in [6, 6.07) is -0.498. The van der Waals surface area contributed by atoms with Gasteiger partial charge in [0.25, 0.3) is 0 Å². The number of rotatable bonds is 5. The molecule has 5 nitrogen and oxygen atoms in total. The van der Waals surface area contributed by atoms with Gasteiger partial charge in [0.2, 0.25) is 5.13 Å². The van der Waals surface area contributed by atoms with Crippen molar-refractivity contribution in [1.29, 1.82) is 0 Å². The van der Waals surface area contributed by atoms with Crippen LogP contribution in [0.15, 0.2) is 0 Å². The van der Waals surface area contributed by atoms with Crippen molar-refractivity contribution >= 4 is 22.6 Å².